The summed E-state index contributed by atoms with van der Waals surface area (Å²) in [6.45, 7) is 3.84. The molecule has 0 atom stereocenters. The van der Waals surface area contributed by atoms with Crippen LogP contribution in [0.1, 0.15) is 25.3 Å². The molecular weight excluding hydrogens is 368 g/mol. The molecule has 8 heteroatoms. The number of nitrogens with zero attached hydrogens (tertiary/aromatic N) is 3. The average molecular weight is 387 g/mol. The van der Waals surface area contributed by atoms with Crippen LogP contribution in [0.2, 0.25) is 5.02 Å². The van der Waals surface area contributed by atoms with E-state index >= 15 is 0 Å². The van der Waals surface area contributed by atoms with Crippen molar-refractivity contribution in [2.75, 3.05) is 11.9 Å². The molecule has 0 saturated carbocycles. The molecule has 7 nitrogen and oxygen atoms in total. The van der Waals surface area contributed by atoms with Gasteiger partial charge < -0.3 is 15.2 Å². The van der Waals surface area contributed by atoms with Gasteiger partial charge in [-0.05, 0) is 41.8 Å². The average Bonchev–Trinajstić information content (AvgIpc) is 3.17. The van der Waals surface area contributed by atoms with Crippen LogP contribution in [0.25, 0.3) is 5.69 Å². The summed E-state index contributed by atoms with van der Waals surface area (Å²) >= 11 is 6.04. The highest BCUT2D eigenvalue weighted by atomic mass is 35.5. The summed E-state index contributed by atoms with van der Waals surface area (Å²) in [5.74, 6) is 0.340. The molecule has 140 valence electrons. The zero-order valence-electron chi connectivity index (χ0n) is 14.9. The topological polar surface area (TPSA) is 89.3 Å². The predicted molar refractivity (Wildman–Crippen MR) is 103 cm³/mol. The maximum absolute atomic E-state index is 12.3. The van der Waals surface area contributed by atoms with Gasteiger partial charge in [-0.1, -0.05) is 31.5 Å². The minimum absolute atomic E-state index is 0.00409. The zero-order chi connectivity index (χ0) is 19.4. The number of hydrogen-bond acceptors (Lipinski definition) is 5. The summed E-state index contributed by atoms with van der Waals surface area (Å²) in [6, 6.07) is 10.2. The molecule has 0 aliphatic heterocycles. The van der Waals surface area contributed by atoms with Crippen LogP contribution in [-0.2, 0) is 4.79 Å². The number of amides is 1. The highest BCUT2D eigenvalue weighted by molar-refractivity contribution is 6.30. The Morgan fingerprint density at radius 1 is 1.22 bits per heavy atom. The lowest BCUT2D eigenvalue weighted by Crippen LogP contribution is -2.20. The Labute approximate surface area is 161 Å². The van der Waals surface area contributed by atoms with Crippen molar-refractivity contribution in [1.29, 1.82) is 0 Å². The lowest BCUT2D eigenvalue weighted by molar-refractivity contribution is -0.118. The smallest absolute Gasteiger partial charge is 0.262 e. The Kier molecular flexibility index (Phi) is 5.61. The van der Waals surface area contributed by atoms with E-state index < -0.39 is 5.91 Å². The van der Waals surface area contributed by atoms with Crippen LogP contribution in [0.4, 0.5) is 5.69 Å². The van der Waals surface area contributed by atoms with Gasteiger partial charge in [0.2, 0.25) is 0 Å². The van der Waals surface area contributed by atoms with Gasteiger partial charge in [-0.3, -0.25) is 9.36 Å². The van der Waals surface area contributed by atoms with Crippen molar-refractivity contribution in [3.8, 4) is 17.2 Å². The van der Waals surface area contributed by atoms with Crippen molar-refractivity contribution in [2.24, 2.45) is 0 Å². The number of anilines is 1. The van der Waals surface area contributed by atoms with Gasteiger partial charge in [0.25, 0.3) is 5.91 Å². The summed E-state index contributed by atoms with van der Waals surface area (Å²) in [6.07, 6.45) is 3.02. The summed E-state index contributed by atoms with van der Waals surface area (Å²) in [5, 5.41) is 20.7. The second kappa shape index (κ2) is 8.09. The van der Waals surface area contributed by atoms with Crippen LogP contribution in [0.15, 0.2) is 49.1 Å². The van der Waals surface area contributed by atoms with E-state index in [1.165, 1.54) is 12.7 Å². The summed E-state index contributed by atoms with van der Waals surface area (Å²) < 4.78 is 7.27. The third kappa shape index (κ3) is 4.57. The van der Waals surface area contributed by atoms with Crippen LogP contribution >= 0.6 is 11.6 Å². The lowest BCUT2D eigenvalue weighted by atomic mass is 10.0. The first-order valence-electron chi connectivity index (χ1n) is 8.34. The summed E-state index contributed by atoms with van der Waals surface area (Å²) in [5.41, 5.74) is 1.98. The number of phenolic OH excluding ortho intramolecular Hbond substituents is 1. The molecule has 3 aromatic rings. The number of benzene rings is 2. The fourth-order valence-corrected chi connectivity index (χ4v) is 2.65. The maximum atomic E-state index is 12.3. The van der Waals surface area contributed by atoms with E-state index in [2.05, 4.69) is 15.5 Å². The predicted octanol–water partition coefficient (Wildman–Crippen LogP) is 3.77. The molecule has 0 radical (unpaired) electrons. The molecule has 2 aromatic carbocycles. The van der Waals surface area contributed by atoms with E-state index in [4.69, 9.17) is 16.3 Å². The number of rotatable bonds is 6. The number of carbonyl (C=O) groups excluding carboxylic acids is 1. The first-order valence-corrected chi connectivity index (χ1v) is 8.72. The van der Waals surface area contributed by atoms with Crippen molar-refractivity contribution < 1.29 is 14.6 Å². The van der Waals surface area contributed by atoms with Gasteiger partial charge in [0, 0.05) is 5.02 Å². The summed E-state index contributed by atoms with van der Waals surface area (Å²) in [7, 11) is 0. The molecule has 27 heavy (non-hydrogen) atoms. The van der Waals surface area contributed by atoms with Gasteiger partial charge in [-0.15, -0.1) is 10.2 Å². The van der Waals surface area contributed by atoms with Gasteiger partial charge in [-0.25, -0.2) is 0 Å². The van der Waals surface area contributed by atoms with Crippen molar-refractivity contribution in [3.05, 3.63) is 59.6 Å². The lowest BCUT2D eigenvalue weighted by Gasteiger charge is -2.14. The first kappa shape index (κ1) is 18.7. The Balaban J connectivity index is 1.71. The maximum Gasteiger partial charge on any atom is 0.262 e. The second-order valence-corrected chi connectivity index (χ2v) is 6.69. The number of halogens is 1. The molecule has 3 rings (SSSR count). The van der Waals surface area contributed by atoms with Crippen molar-refractivity contribution in [3.63, 3.8) is 0 Å². The van der Waals surface area contributed by atoms with Crippen LogP contribution in [0.3, 0.4) is 0 Å². The number of phenols is 1. The minimum Gasteiger partial charge on any atom is -0.506 e. The molecule has 1 amide bonds. The van der Waals surface area contributed by atoms with E-state index in [9.17, 15) is 9.90 Å². The molecule has 0 saturated heterocycles. The van der Waals surface area contributed by atoms with Gasteiger partial charge in [0.1, 0.15) is 24.2 Å². The van der Waals surface area contributed by atoms with Gasteiger partial charge in [-0.2, -0.15) is 0 Å². The van der Waals surface area contributed by atoms with Gasteiger partial charge in [0.05, 0.1) is 11.4 Å². The number of carbonyl (C=O) groups is 1. The van der Waals surface area contributed by atoms with Crippen LogP contribution in [0, 0.1) is 0 Å². The van der Waals surface area contributed by atoms with E-state index in [0.29, 0.717) is 22.1 Å². The van der Waals surface area contributed by atoms with Gasteiger partial charge >= 0.3 is 0 Å². The molecule has 0 bridgehead atoms. The standard InChI is InChI=1S/C19H19ClN4O3/c1-12(2)13-3-5-17(25)15(7-13)23-19(26)9-27-18-6-4-14(20)8-16(18)24-10-21-22-11-24/h3-8,10-12,25H,9H2,1-2H3,(H,23,26). The number of ether oxygens (including phenoxy) is 1. The first-order chi connectivity index (χ1) is 12.9. The summed E-state index contributed by atoms with van der Waals surface area (Å²) in [4.78, 5) is 12.3. The molecule has 0 aliphatic rings. The Hall–Kier alpha value is -3.06. The monoisotopic (exact) mass is 386 g/mol. The third-order valence-corrected chi connectivity index (χ3v) is 4.17. The number of hydrogen-bond donors (Lipinski definition) is 2. The SMILES string of the molecule is CC(C)c1ccc(O)c(NC(=O)COc2ccc(Cl)cc2-n2cnnc2)c1. The Morgan fingerprint density at radius 3 is 2.67 bits per heavy atom. The molecule has 0 aliphatic carbocycles. The Bertz CT molecular complexity index is 942. The molecule has 0 unspecified atom stereocenters. The number of aromatic hydroxyl groups is 1. The van der Waals surface area contributed by atoms with E-state index in [1.807, 2.05) is 19.9 Å². The molecular formula is C19H19ClN4O3. The van der Waals surface area contributed by atoms with Crippen molar-refractivity contribution in [1.82, 2.24) is 14.8 Å². The zero-order valence-corrected chi connectivity index (χ0v) is 15.6. The second-order valence-electron chi connectivity index (χ2n) is 6.25. The van der Waals surface area contributed by atoms with Crippen LogP contribution in [-0.4, -0.2) is 32.4 Å². The number of aromatic nitrogens is 3. The van der Waals surface area contributed by atoms with E-state index in [0.717, 1.165) is 5.56 Å². The van der Waals surface area contributed by atoms with Gasteiger partial charge in [0.15, 0.2) is 6.61 Å². The largest absolute Gasteiger partial charge is 0.506 e. The van der Waals surface area contributed by atoms with Crippen LogP contribution in [0.5, 0.6) is 11.5 Å². The quantitative estimate of drug-likeness (QED) is 0.629. The molecule has 1 heterocycles. The fraction of sp³-hybridized carbons (Fsp3) is 0.211. The van der Waals surface area contributed by atoms with Crippen LogP contribution < -0.4 is 10.1 Å². The Morgan fingerprint density at radius 2 is 1.96 bits per heavy atom. The van der Waals surface area contributed by atoms with E-state index in [1.54, 1.807) is 34.9 Å². The fourth-order valence-electron chi connectivity index (χ4n) is 2.48. The molecule has 1 aromatic heterocycles. The van der Waals surface area contributed by atoms with E-state index in [-0.39, 0.29) is 18.3 Å². The normalized spacial score (nSPS) is 10.8. The highest BCUT2D eigenvalue weighted by Gasteiger charge is 2.12. The molecule has 0 fully saturated rings. The highest BCUT2D eigenvalue weighted by Crippen LogP contribution is 2.28. The van der Waals surface area contributed by atoms with Crippen molar-refractivity contribution in [2.45, 2.75) is 19.8 Å². The third-order valence-electron chi connectivity index (χ3n) is 3.94. The number of nitrogens with one attached hydrogen (secondary N) is 1. The molecule has 2 N–H and O–H groups in total. The van der Waals surface area contributed by atoms with Crippen molar-refractivity contribution >= 4 is 23.2 Å². The minimum atomic E-state index is -0.393. The molecule has 0 spiro atoms.